The summed E-state index contributed by atoms with van der Waals surface area (Å²) in [6.45, 7) is 0.617. The molecule has 0 fully saturated rings. The molecule has 25 heavy (non-hydrogen) atoms. The highest BCUT2D eigenvalue weighted by Gasteiger charge is 2.31. The smallest absolute Gasteiger partial charge is 0.335 e. The number of rotatable bonds is 2. The number of fused-ring (bicyclic) bond motifs is 1. The molecule has 0 saturated carbocycles. The van der Waals surface area contributed by atoms with Crippen molar-refractivity contribution >= 4 is 12.0 Å². The predicted molar refractivity (Wildman–Crippen MR) is 92.7 cm³/mol. The van der Waals surface area contributed by atoms with E-state index in [4.69, 9.17) is 4.74 Å². The van der Waals surface area contributed by atoms with Crippen LogP contribution >= 0.6 is 0 Å². The van der Waals surface area contributed by atoms with Gasteiger partial charge in [-0.05, 0) is 17.7 Å². The zero-order valence-electron chi connectivity index (χ0n) is 14.2. The van der Waals surface area contributed by atoms with Gasteiger partial charge in [-0.15, -0.1) is 0 Å². The molecule has 3 rings (SSSR count). The first-order chi connectivity index (χ1) is 12.0. The molecule has 1 aliphatic rings. The van der Waals surface area contributed by atoms with Crippen molar-refractivity contribution < 1.29 is 19.4 Å². The molecule has 1 heterocycles. The summed E-state index contributed by atoms with van der Waals surface area (Å²) in [5, 5.41) is 9.17. The molecule has 6 heteroatoms. The predicted octanol–water partition coefficient (Wildman–Crippen LogP) is 3.00. The lowest BCUT2D eigenvalue weighted by Crippen LogP contribution is -2.42. The summed E-state index contributed by atoms with van der Waals surface area (Å²) in [6, 6.07) is 14.1. The van der Waals surface area contributed by atoms with Gasteiger partial charge in [-0.2, -0.15) is 0 Å². The highest BCUT2D eigenvalue weighted by molar-refractivity contribution is 5.88. The third-order valence-electron chi connectivity index (χ3n) is 4.24. The standard InChI is InChI=1S/C19H20N2O4/c1-20(2)19(24)21-11-15-9-8-14(18(22)23)10-17(15)25-12-16(21)13-6-4-3-5-7-13/h3-10,16H,11-12H2,1-2H3,(H,22,23)/t16-/m1/s1. The first-order valence-corrected chi connectivity index (χ1v) is 7.99. The van der Waals surface area contributed by atoms with E-state index in [0.29, 0.717) is 12.3 Å². The van der Waals surface area contributed by atoms with Crippen molar-refractivity contribution in [2.24, 2.45) is 0 Å². The Kier molecular flexibility index (Phi) is 4.61. The molecule has 0 radical (unpaired) electrons. The van der Waals surface area contributed by atoms with Gasteiger partial charge in [0.05, 0.1) is 18.2 Å². The van der Waals surface area contributed by atoms with E-state index in [1.807, 2.05) is 30.3 Å². The number of carbonyl (C=O) groups is 2. The quantitative estimate of drug-likeness (QED) is 0.912. The SMILES string of the molecule is CN(C)C(=O)N1Cc2ccc(C(=O)O)cc2OC[C@@H]1c1ccccc1. The Hall–Kier alpha value is -3.02. The Bertz CT molecular complexity index is 789. The Morgan fingerprint density at radius 1 is 1.16 bits per heavy atom. The van der Waals surface area contributed by atoms with Crippen LogP contribution < -0.4 is 4.74 Å². The second-order valence-corrected chi connectivity index (χ2v) is 6.17. The van der Waals surface area contributed by atoms with Crippen LogP contribution in [0.3, 0.4) is 0 Å². The number of nitrogens with zero attached hydrogens (tertiary/aromatic N) is 2. The van der Waals surface area contributed by atoms with Crippen molar-refractivity contribution in [1.29, 1.82) is 0 Å². The van der Waals surface area contributed by atoms with Crippen LogP contribution in [0.2, 0.25) is 0 Å². The number of hydrogen-bond donors (Lipinski definition) is 1. The number of carbonyl (C=O) groups excluding carboxylic acids is 1. The van der Waals surface area contributed by atoms with Crippen molar-refractivity contribution in [3.63, 3.8) is 0 Å². The largest absolute Gasteiger partial charge is 0.491 e. The van der Waals surface area contributed by atoms with Gasteiger partial charge in [-0.3, -0.25) is 0 Å². The summed E-state index contributed by atoms with van der Waals surface area (Å²) in [4.78, 5) is 27.2. The molecular weight excluding hydrogens is 320 g/mol. The second-order valence-electron chi connectivity index (χ2n) is 6.17. The molecule has 0 bridgehead atoms. The Morgan fingerprint density at radius 3 is 2.52 bits per heavy atom. The first-order valence-electron chi connectivity index (χ1n) is 7.99. The summed E-state index contributed by atoms with van der Waals surface area (Å²) in [6.07, 6.45) is 0. The normalized spacial score (nSPS) is 16.4. The van der Waals surface area contributed by atoms with Gasteiger partial charge in [-0.1, -0.05) is 36.4 Å². The number of carboxylic acids is 1. The van der Waals surface area contributed by atoms with Crippen LogP contribution in [0, 0.1) is 0 Å². The maximum absolute atomic E-state index is 12.7. The molecule has 2 aromatic rings. The summed E-state index contributed by atoms with van der Waals surface area (Å²) >= 11 is 0. The molecule has 0 aromatic heterocycles. The zero-order chi connectivity index (χ0) is 18.0. The van der Waals surface area contributed by atoms with Gasteiger partial charge >= 0.3 is 12.0 Å². The minimum Gasteiger partial charge on any atom is -0.491 e. The molecule has 0 saturated heterocycles. The number of benzene rings is 2. The number of amides is 2. The molecule has 0 spiro atoms. The number of ether oxygens (including phenoxy) is 1. The van der Waals surface area contributed by atoms with Crippen molar-refractivity contribution in [3.8, 4) is 5.75 Å². The van der Waals surface area contributed by atoms with Crippen molar-refractivity contribution in [2.75, 3.05) is 20.7 Å². The van der Waals surface area contributed by atoms with Gasteiger partial charge in [0.15, 0.2) is 0 Å². The second kappa shape index (κ2) is 6.84. The van der Waals surface area contributed by atoms with Crippen LogP contribution in [0.5, 0.6) is 5.75 Å². The maximum Gasteiger partial charge on any atom is 0.335 e. The van der Waals surface area contributed by atoms with Gasteiger partial charge in [0.25, 0.3) is 0 Å². The van der Waals surface area contributed by atoms with Gasteiger partial charge in [0, 0.05) is 19.7 Å². The van der Waals surface area contributed by atoms with Crippen molar-refractivity contribution in [3.05, 3.63) is 65.2 Å². The maximum atomic E-state index is 12.7. The van der Waals surface area contributed by atoms with Crippen LogP contribution in [0.15, 0.2) is 48.5 Å². The lowest BCUT2D eigenvalue weighted by Gasteiger charge is -2.31. The van der Waals surface area contributed by atoms with Crippen LogP contribution in [-0.2, 0) is 6.54 Å². The fraction of sp³-hybridized carbons (Fsp3) is 0.263. The minimum absolute atomic E-state index is 0.118. The molecule has 2 amide bonds. The third-order valence-corrected chi connectivity index (χ3v) is 4.24. The summed E-state index contributed by atoms with van der Waals surface area (Å²) in [7, 11) is 3.43. The van der Waals surface area contributed by atoms with E-state index in [1.165, 1.54) is 17.0 Å². The highest BCUT2D eigenvalue weighted by Crippen LogP contribution is 2.32. The Labute approximate surface area is 146 Å². The summed E-state index contributed by atoms with van der Waals surface area (Å²) < 4.78 is 5.89. The molecule has 0 unspecified atom stereocenters. The van der Waals surface area contributed by atoms with E-state index in [2.05, 4.69) is 0 Å². The molecule has 2 aromatic carbocycles. The van der Waals surface area contributed by atoms with Crippen LogP contribution in [0.4, 0.5) is 4.79 Å². The first kappa shape index (κ1) is 16.8. The fourth-order valence-corrected chi connectivity index (χ4v) is 2.91. The zero-order valence-corrected chi connectivity index (χ0v) is 14.2. The summed E-state index contributed by atoms with van der Waals surface area (Å²) in [5.74, 6) is -0.494. The van der Waals surface area contributed by atoms with Gasteiger partial charge in [0.1, 0.15) is 12.4 Å². The molecule has 0 aliphatic carbocycles. The van der Waals surface area contributed by atoms with E-state index in [0.717, 1.165) is 11.1 Å². The Balaban J connectivity index is 2.01. The molecule has 1 atom stereocenters. The van der Waals surface area contributed by atoms with E-state index >= 15 is 0 Å². The minimum atomic E-state index is -1.00. The van der Waals surface area contributed by atoms with Crippen molar-refractivity contribution in [1.82, 2.24) is 9.80 Å². The summed E-state index contributed by atoms with van der Waals surface area (Å²) in [5.41, 5.74) is 1.94. The lowest BCUT2D eigenvalue weighted by molar-refractivity contribution is 0.0696. The van der Waals surface area contributed by atoms with E-state index in [9.17, 15) is 14.7 Å². The number of aromatic carboxylic acids is 1. The molecule has 6 nitrogen and oxygen atoms in total. The topological polar surface area (TPSA) is 70.1 Å². The van der Waals surface area contributed by atoms with Crippen LogP contribution in [0.25, 0.3) is 0 Å². The average molecular weight is 340 g/mol. The van der Waals surface area contributed by atoms with E-state index in [-0.39, 0.29) is 24.2 Å². The number of carboxylic acid groups (broad SMARTS) is 1. The van der Waals surface area contributed by atoms with Crippen molar-refractivity contribution in [2.45, 2.75) is 12.6 Å². The molecule has 1 N–H and O–H groups in total. The van der Waals surface area contributed by atoms with Gasteiger partial charge in [-0.25, -0.2) is 9.59 Å². The van der Waals surface area contributed by atoms with Crippen LogP contribution in [-0.4, -0.2) is 47.6 Å². The van der Waals surface area contributed by atoms with E-state index < -0.39 is 5.97 Å². The third kappa shape index (κ3) is 3.42. The molecule has 1 aliphatic heterocycles. The van der Waals surface area contributed by atoms with Crippen LogP contribution in [0.1, 0.15) is 27.5 Å². The number of hydrogen-bond acceptors (Lipinski definition) is 3. The monoisotopic (exact) mass is 340 g/mol. The van der Waals surface area contributed by atoms with E-state index in [1.54, 1.807) is 25.1 Å². The highest BCUT2D eigenvalue weighted by atomic mass is 16.5. The Morgan fingerprint density at radius 2 is 1.88 bits per heavy atom. The molecular formula is C19H20N2O4. The lowest BCUT2D eigenvalue weighted by atomic mass is 10.1. The van der Waals surface area contributed by atoms with Gasteiger partial charge < -0.3 is 19.6 Å². The number of urea groups is 1. The average Bonchev–Trinajstić information content (AvgIpc) is 2.80. The fourth-order valence-electron chi connectivity index (χ4n) is 2.91. The molecule has 130 valence electrons. The van der Waals surface area contributed by atoms with Gasteiger partial charge in [0.2, 0.25) is 0 Å².